The summed E-state index contributed by atoms with van der Waals surface area (Å²) >= 11 is 2.08. The van der Waals surface area contributed by atoms with Crippen LogP contribution in [0.3, 0.4) is 0 Å². The molecule has 1 aromatic heterocycles. The van der Waals surface area contributed by atoms with Crippen LogP contribution in [0.5, 0.6) is 0 Å². The van der Waals surface area contributed by atoms with Gasteiger partial charge < -0.3 is 27.7 Å². The molecule has 174 valence electrons. The molecule has 0 saturated carbocycles. The van der Waals surface area contributed by atoms with E-state index in [1.807, 2.05) is 52.4 Å². The Bertz CT molecular complexity index is 563. The van der Waals surface area contributed by atoms with Gasteiger partial charge in [0, 0.05) is 39.1 Å². The van der Waals surface area contributed by atoms with E-state index in [0.29, 0.717) is 52.8 Å². The molecule has 8 nitrogen and oxygen atoms in total. The minimum atomic E-state index is -0.387. The molecule has 2 heterocycles. The van der Waals surface area contributed by atoms with Gasteiger partial charge in [-0.15, -0.1) is 0 Å². The molecule has 0 aromatic carbocycles. The van der Waals surface area contributed by atoms with Gasteiger partial charge in [0.2, 0.25) is 0 Å². The maximum atomic E-state index is 6.04. The molecule has 0 amide bonds. The molecule has 11 heteroatoms. The van der Waals surface area contributed by atoms with Gasteiger partial charge in [-0.3, -0.25) is 4.68 Å². The summed E-state index contributed by atoms with van der Waals surface area (Å²) in [5.41, 5.74) is 0.218. The van der Waals surface area contributed by atoms with Crippen LogP contribution in [0, 0.1) is 0 Å². The van der Waals surface area contributed by atoms with Crippen LogP contribution in [0.2, 0.25) is 0 Å². The Morgan fingerprint density at radius 3 is 1.97 bits per heavy atom. The molecule has 1 aliphatic rings. The first-order valence-electron chi connectivity index (χ1n) is 10.4. The number of nitrogens with zero attached hydrogens (tertiary/aromatic N) is 2. The van der Waals surface area contributed by atoms with E-state index in [9.17, 15) is 0 Å². The van der Waals surface area contributed by atoms with Crippen LogP contribution in [-0.2, 0) is 34.2 Å². The predicted octanol–water partition coefficient (Wildman–Crippen LogP) is 3.27. The average molecular weight is 558 g/mol. The Labute approximate surface area is 197 Å². The van der Waals surface area contributed by atoms with E-state index in [2.05, 4.69) is 26.3 Å². The molecule has 0 spiro atoms. The first kappa shape index (κ1) is 28.1. The van der Waals surface area contributed by atoms with Crippen LogP contribution in [0.15, 0.2) is 12.4 Å². The third kappa shape index (κ3) is 9.72. The molecule has 0 bridgehead atoms. The summed E-state index contributed by atoms with van der Waals surface area (Å²) in [6, 6.07) is 0. The molecule has 1 aliphatic heterocycles. The zero-order valence-corrected chi connectivity index (χ0v) is 22.0. The van der Waals surface area contributed by atoms with Crippen molar-refractivity contribution in [2.45, 2.75) is 59.3 Å². The second kappa shape index (κ2) is 15.0. The largest absolute Gasteiger partial charge is 0.498 e. The van der Waals surface area contributed by atoms with Gasteiger partial charge in [-0.2, -0.15) is 5.10 Å². The van der Waals surface area contributed by atoms with E-state index < -0.39 is 0 Å². The summed E-state index contributed by atoms with van der Waals surface area (Å²) in [7, 11) is 0.924. The van der Waals surface area contributed by atoms with E-state index in [-0.39, 0.29) is 18.3 Å². The maximum Gasteiger partial charge on any atom is 0.498 e. The van der Waals surface area contributed by atoms with Gasteiger partial charge in [0.25, 0.3) is 0 Å². The zero-order chi connectivity index (χ0) is 22.5. The highest BCUT2D eigenvalue weighted by Gasteiger charge is 2.52. The molecule has 0 radical (unpaired) electrons. The fourth-order valence-electron chi connectivity index (χ4n) is 2.43. The molecule has 1 saturated heterocycles. The minimum Gasteiger partial charge on any atom is -0.399 e. The Hall–Kier alpha value is 0.115. The lowest BCUT2D eigenvalue weighted by Crippen LogP contribution is -2.41. The monoisotopic (exact) mass is 558 g/mol. The van der Waals surface area contributed by atoms with Crippen LogP contribution >= 0.6 is 30.4 Å². The molecule has 1 fully saturated rings. The Kier molecular flexibility index (Phi) is 14.1. The van der Waals surface area contributed by atoms with Crippen molar-refractivity contribution in [3.63, 3.8) is 0 Å². The third-order valence-electron chi connectivity index (χ3n) is 4.74. The van der Waals surface area contributed by atoms with Gasteiger partial charge in [0.1, 0.15) is 0 Å². The summed E-state index contributed by atoms with van der Waals surface area (Å²) in [6.45, 7) is 16.8. The lowest BCUT2D eigenvalue weighted by Gasteiger charge is -2.32. The SMILES string of the molecule is CC.CC1(C)OB(c2cnn(CCOCCOCCOCCOSI)c2)OC1(C)C. The van der Waals surface area contributed by atoms with Gasteiger partial charge in [-0.1, -0.05) is 13.8 Å². The lowest BCUT2D eigenvalue weighted by atomic mass is 9.82. The van der Waals surface area contributed by atoms with Crippen molar-refractivity contribution in [3.05, 3.63) is 12.4 Å². The smallest absolute Gasteiger partial charge is 0.399 e. The fourth-order valence-corrected chi connectivity index (χ4v) is 3.10. The summed E-state index contributed by atoms with van der Waals surface area (Å²) in [5.74, 6) is 0. The normalized spacial score (nSPS) is 17.1. The van der Waals surface area contributed by atoms with Crippen molar-refractivity contribution in [1.82, 2.24) is 9.78 Å². The topological polar surface area (TPSA) is 73.2 Å². The van der Waals surface area contributed by atoms with Crippen molar-refractivity contribution in [3.8, 4) is 0 Å². The number of rotatable bonds is 14. The minimum absolute atomic E-state index is 0.351. The number of hydrogen-bond acceptors (Lipinski definition) is 8. The van der Waals surface area contributed by atoms with E-state index in [1.54, 1.807) is 6.20 Å². The van der Waals surface area contributed by atoms with Crippen LogP contribution < -0.4 is 5.46 Å². The summed E-state index contributed by atoms with van der Waals surface area (Å²) in [5, 5.41) is 4.36. The van der Waals surface area contributed by atoms with Gasteiger partial charge in [0.15, 0.2) is 0 Å². The molecule has 0 unspecified atom stereocenters. The highest BCUT2D eigenvalue weighted by molar-refractivity contribution is 14.2. The van der Waals surface area contributed by atoms with E-state index in [0.717, 1.165) is 5.46 Å². The second-order valence-corrected chi connectivity index (χ2v) is 8.79. The Morgan fingerprint density at radius 1 is 0.933 bits per heavy atom. The van der Waals surface area contributed by atoms with Gasteiger partial charge in [0.05, 0.1) is 73.2 Å². The maximum absolute atomic E-state index is 6.04. The highest BCUT2D eigenvalue weighted by atomic mass is 127. The van der Waals surface area contributed by atoms with Crippen LogP contribution in [-0.4, -0.2) is 74.3 Å². The first-order valence-corrected chi connectivity index (χ1v) is 13.7. The summed E-state index contributed by atoms with van der Waals surface area (Å²) in [6.07, 6.45) is 3.73. The van der Waals surface area contributed by atoms with Gasteiger partial charge >= 0.3 is 7.12 Å². The van der Waals surface area contributed by atoms with E-state index in [1.165, 1.54) is 9.21 Å². The Morgan fingerprint density at radius 2 is 1.43 bits per heavy atom. The number of aromatic nitrogens is 2. The third-order valence-corrected chi connectivity index (χ3v) is 5.76. The molecule has 1 aromatic rings. The first-order chi connectivity index (χ1) is 14.4. The van der Waals surface area contributed by atoms with Crippen molar-refractivity contribution in [1.29, 1.82) is 0 Å². The summed E-state index contributed by atoms with van der Waals surface area (Å²) < 4.78 is 35.4. The van der Waals surface area contributed by atoms with E-state index >= 15 is 0 Å². The fraction of sp³-hybridized carbons (Fsp3) is 0.842. The number of ether oxygens (including phenoxy) is 3. The highest BCUT2D eigenvalue weighted by Crippen LogP contribution is 2.36. The molecule has 2 rings (SSSR count). The Balaban J connectivity index is 0.00000218. The quantitative estimate of drug-likeness (QED) is 0.149. The van der Waals surface area contributed by atoms with Crippen LogP contribution in [0.4, 0.5) is 0 Å². The van der Waals surface area contributed by atoms with Crippen LogP contribution in [0.25, 0.3) is 0 Å². The number of halogens is 1. The molecule has 0 N–H and O–H groups in total. The molecular weight excluding hydrogens is 522 g/mol. The predicted molar refractivity (Wildman–Crippen MR) is 129 cm³/mol. The molecule has 30 heavy (non-hydrogen) atoms. The zero-order valence-electron chi connectivity index (χ0n) is 19.0. The molecule has 0 aliphatic carbocycles. The van der Waals surface area contributed by atoms with Gasteiger partial charge in [-0.25, -0.2) is 0 Å². The summed E-state index contributed by atoms with van der Waals surface area (Å²) in [4.78, 5) is 0. The van der Waals surface area contributed by atoms with Crippen molar-refractivity contribution >= 4 is 43.0 Å². The molecule has 0 atom stereocenters. The standard InChI is InChI=1S/C17H30BIN2O6S.C2H6/c1-16(2)17(3,4)27-18(26-16)15-13-20-21(14-15)5-6-22-7-8-23-9-10-24-11-12-25-28-19;1-2/h13-14H,5-12H2,1-4H3;1-2H3. The van der Waals surface area contributed by atoms with Crippen molar-refractivity contribution in [2.75, 3.05) is 46.2 Å². The van der Waals surface area contributed by atoms with Crippen LogP contribution in [0.1, 0.15) is 41.5 Å². The number of hydrogen-bond donors (Lipinski definition) is 0. The van der Waals surface area contributed by atoms with Gasteiger partial charge in [-0.05, 0) is 27.7 Å². The average Bonchev–Trinajstić information content (AvgIpc) is 3.26. The van der Waals surface area contributed by atoms with Crippen molar-refractivity contribution in [2.24, 2.45) is 0 Å². The second-order valence-electron chi connectivity index (χ2n) is 7.35. The van der Waals surface area contributed by atoms with Crippen molar-refractivity contribution < 1.29 is 27.7 Å². The lowest BCUT2D eigenvalue weighted by molar-refractivity contribution is 0.00578. The molecular formula is C19H36BIN2O6S. The van der Waals surface area contributed by atoms with E-state index in [4.69, 9.17) is 27.7 Å².